The van der Waals surface area contributed by atoms with Gasteiger partial charge in [0, 0.05) is 31.9 Å². The Hall–Kier alpha value is -1.88. The lowest BCUT2D eigenvalue weighted by atomic mass is 9.86. The third-order valence-electron chi connectivity index (χ3n) is 4.18. The van der Waals surface area contributed by atoms with E-state index in [-0.39, 0.29) is 23.7 Å². The molecule has 1 saturated heterocycles. The van der Waals surface area contributed by atoms with E-state index in [1.54, 1.807) is 4.90 Å². The Morgan fingerprint density at radius 2 is 1.70 bits per heavy atom. The first-order chi connectivity index (χ1) is 10.8. The summed E-state index contributed by atoms with van der Waals surface area (Å²) in [5, 5.41) is 2.90. The third-order valence-corrected chi connectivity index (χ3v) is 4.18. The standard InChI is InChI=1S/C18H27N3O2/c1-18(2,3)14-7-5-6-8-15(14)19-16(22)13-17(23)21-11-9-20(4)10-12-21/h5-8H,9-13H2,1-4H3,(H,19,22). The normalized spacial score (nSPS) is 16.3. The van der Waals surface area contributed by atoms with E-state index in [1.165, 1.54) is 0 Å². The molecule has 23 heavy (non-hydrogen) atoms. The van der Waals surface area contributed by atoms with Gasteiger partial charge in [-0.15, -0.1) is 0 Å². The van der Waals surface area contributed by atoms with Gasteiger partial charge in [0.05, 0.1) is 0 Å². The van der Waals surface area contributed by atoms with E-state index in [4.69, 9.17) is 0 Å². The summed E-state index contributed by atoms with van der Waals surface area (Å²) in [5.74, 6) is -0.338. The predicted octanol–water partition coefficient (Wildman–Crippen LogP) is 2.09. The summed E-state index contributed by atoms with van der Waals surface area (Å²) in [6, 6.07) is 7.76. The Morgan fingerprint density at radius 1 is 1.09 bits per heavy atom. The van der Waals surface area contributed by atoms with Gasteiger partial charge in [-0.05, 0) is 24.1 Å². The maximum Gasteiger partial charge on any atom is 0.233 e. The number of carbonyl (C=O) groups excluding carboxylic acids is 2. The average molecular weight is 317 g/mol. The van der Waals surface area contributed by atoms with Gasteiger partial charge in [-0.1, -0.05) is 39.0 Å². The van der Waals surface area contributed by atoms with Crippen molar-refractivity contribution >= 4 is 17.5 Å². The number of hydrogen-bond donors (Lipinski definition) is 1. The number of piperazine rings is 1. The van der Waals surface area contributed by atoms with Crippen molar-refractivity contribution in [1.29, 1.82) is 0 Å². The van der Waals surface area contributed by atoms with E-state index >= 15 is 0 Å². The van der Waals surface area contributed by atoms with Crippen LogP contribution >= 0.6 is 0 Å². The van der Waals surface area contributed by atoms with Crippen molar-refractivity contribution in [3.8, 4) is 0 Å². The SMILES string of the molecule is CN1CCN(C(=O)CC(=O)Nc2ccccc2C(C)(C)C)CC1. The van der Waals surface area contributed by atoms with Crippen LogP contribution in [0.2, 0.25) is 0 Å². The molecule has 1 N–H and O–H groups in total. The van der Waals surface area contributed by atoms with E-state index in [0.717, 1.165) is 24.3 Å². The van der Waals surface area contributed by atoms with Gasteiger partial charge in [-0.2, -0.15) is 0 Å². The fourth-order valence-electron chi connectivity index (χ4n) is 2.75. The first-order valence-corrected chi connectivity index (χ1v) is 8.13. The van der Waals surface area contributed by atoms with E-state index in [1.807, 2.05) is 31.3 Å². The molecule has 0 unspecified atom stereocenters. The number of anilines is 1. The van der Waals surface area contributed by atoms with E-state index < -0.39 is 0 Å². The van der Waals surface area contributed by atoms with Crippen LogP contribution in [0.5, 0.6) is 0 Å². The summed E-state index contributed by atoms with van der Waals surface area (Å²) in [7, 11) is 2.04. The Kier molecular flexibility index (Phi) is 5.42. The van der Waals surface area contributed by atoms with Crippen molar-refractivity contribution in [2.24, 2.45) is 0 Å². The molecule has 1 aromatic rings. The average Bonchev–Trinajstić information content (AvgIpc) is 2.47. The Balaban J connectivity index is 1.96. The number of likely N-dealkylation sites (N-methyl/N-ethyl adjacent to an activating group) is 1. The summed E-state index contributed by atoms with van der Waals surface area (Å²) < 4.78 is 0. The first-order valence-electron chi connectivity index (χ1n) is 8.13. The van der Waals surface area contributed by atoms with Crippen LogP contribution in [0.3, 0.4) is 0 Å². The van der Waals surface area contributed by atoms with Crippen molar-refractivity contribution < 1.29 is 9.59 Å². The molecule has 0 radical (unpaired) electrons. The van der Waals surface area contributed by atoms with Gasteiger partial charge in [-0.25, -0.2) is 0 Å². The van der Waals surface area contributed by atoms with Gasteiger partial charge in [-0.3, -0.25) is 9.59 Å². The highest BCUT2D eigenvalue weighted by molar-refractivity contribution is 6.04. The van der Waals surface area contributed by atoms with Gasteiger partial charge in [0.15, 0.2) is 0 Å². The number of amides is 2. The summed E-state index contributed by atoms with van der Waals surface area (Å²) in [5.41, 5.74) is 1.79. The van der Waals surface area contributed by atoms with Gasteiger partial charge >= 0.3 is 0 Å². The Morgan fingerprint density at radius 3 is 2.30 bits per heavy atom. The second-order valence-electron chi connectivity index (χ2n) is 7.20. The molecule has 1 aliphatic heterocycles. The Labute approximate surface area is 138 Å². The summed E-state index contributed by atoms with van der Waals surface area (Å²) in [4.78, 5) is 28.4. The minimum Gasteiger partial charge on any atom is -0.340 e. The first kappa shape index (κ1) is 17.5. The molecule has 2 amide bonds. The topological polar surface area (TPSA) is 52.7 Å². The van der Waals surface area contributed by atoms with Crippen molar-refractivity contribution in [1.82, 2.24) is 9.80 Å². The molecule has 0 atom stereocenters. The molecule has 0 saturated carbocycles. The summed E-state index contributed by atoms with van der Waals surface area (Å²) in [6.45, 7) is 9.43. The highest BCUT2D eigenvalue weighted by Crippen LogP contribution is 2.29. The summed E-state index contributed by atoms with van der Waals surface area (Å²) in [6.07, 6.45) is -0.0950. The minimum absolute atomic E-state index is 0.0642. The van der Waals surface area contributed by atoms with Crippen LogP contribution in [0.25, 0.3) is 0 Å². The lowest BCUT2D eigenvalue weighted by Gasteiger charge is -2.32. The molecule has 0 aromatic heterocycles. The maximum atomic E-state index is 12.2. The Bertz CT molecular complexity index is 570. The van der Waals surface area contributed by atoms with E-state index in [0.29, 0.717) is 13.1 Å². The maximum absolute atomic E-state index is 12.2. The van der Waals surface area contributed by atoms with Gasteiger partial charge in [0.1, 0.15) is 6.42 Å². The van der Waals surface area contributed by atoms with Crippen LogP contribution in [0.1, 0.15) is 32.8 Å². The molecule has 5 heteroatoms. The number of carbonyl (C=O) groups is 2. The quantitative estimate of drug-likeness (QED) is 0.869. The van der Waals surface area contributed by atoms with Crippen molar-refractivity contribution in [3.63, 3.8) is 0 Å². The zero-order valence-electron chi connectivity index (χ0n) is 14.6. The van der Waals surface area contributed by atoms with Crippen molar-refractivity contribution in [3.05, 3.63) is 29.8 Å². The van der Waals surface area contributed by atoms with Crippen LogP contribution in [0.4, 0.5) is 5.69 Å². The largest absolute Gasteiger partial charge is 0.340 e. The van der Waals surface area contributed by atoms with Crippen LogP contribution in [-0.4, -0.2) is 54.8 Å². The molecule has 0 aliphatic carbocycles. The molecule has 0 spiro atoms. The molecule has 1 heterocycles. The minimum atomic E-state index is -0.245. The van der Waals surface area contributed by atoms with E-state index in [9.17, 15) is 9.59 Å². The van der Waals surface area contributed by atoms with Crippen LogP contribution < -0.4 is 5.32 Å². The zero-order valence-corrected chi connectivity index (χ0v) is 14.6. The fraction of sp³-hybridized carbons (Fsp3) is 0.556. The number of hydrogen-bond acceptors (Lipinski definition) is 3. The molecule has 1 aromatic carbocycles. The number of rotatable bonds is 3. The van der Waals surface area contributed by atoms with Crippen LogP contribution in [0.15, 0.2) is 24.3 Å². The highest BCUT2D eigenvalue weighted by atomic mass is 16.2. The molecular formula is C18H27N3O2. The van der Waals surface area contributed by atoms with Crippen molar-refractivity contribution in [2.45, 2.75) is 32.6 Å². The monoisotopic (exact) mass is 317 g/mol. The van der Waals surface area contributed by atoms with Gasteiger partial charge in [0.2, 0.25) is 11.8 Å². The second-order valence-corrected chi connectivity index (χ2v) is 7.20. The molecule has 2 rings (SSSR count). The number of nitrogens with zero attached hydrogens (tertiary/aromatic N) is 2. The lowest BCUT2D eigenvalue weighted by Crippen LogP contribution is -2.47. The van der Waals surface area contributed by atoms with Gasteiger partial charge < -0.3 is 15.1 Å². The van der Waals surface area contributed by atoms with Crippen molar-refractivity contribution in [2.75, 3.05) is 38.5 Å². The number of benzene rings is 1. The molecule has 5 nitrogen and oxygen atoms in total. The lowest BCUT2D eigenvalue weighted by molar-refractivity contribution is -0.135. The highest BCUT2D eigenvalue weighted by Gasteiger charge is 2.23. The molecule has 1 aliphatic rings. The zero-order chi connectivity index (χ0) is 17.0. The molecule has 0 bridgehead atoms. The number of nitrogens with one attached hydrogen (secondary N) is 1. The molecule has 126 valence electrons. The van der Waals surface area contributed by atoms with Crippen LogP contribution in [-0.2, 0) is 15.0 Å². The smallest absolute Gasteiger partial charge is 0.233 e. The van der Waals surface area contributed by atoms with E-state index in [2.05, 4.69) is 31.0 Å². The molecule has 1 fully saturated rings. The van der Waals surface area contributed by atoms with Gasteiger partial charge in [0.25, 0.3) is 0 Å². The molecular weight excluding hydrogens is 290 g/mol. The second kappa shape index (κ2) is 7.13. The number of para-hydroxylation sites is 1. The predicted molar refractivity (Wildman–Crippen MR) is 92.5 cm³/mol. The third kappa shape index (κ3) is 4.79. The fourth-order valence-corrected chi connectivity index (χ4v) is 2.75. The van der Waals surface area contributed by atoms with Crippen LogP contribution in [0, 0.1) is 0 Å². The summed E-state index contributed by atoms with van der Waals surface area (Å²) >= 11 is 0.